The molecule has 30 heavy (non-hydrogen) atoms. The lowest BCUT2D eigenvalue weighted by Gasteiger charge is -2.32. The summed E-state index contributed by atoms with van der Waals surface area (Å²) in [7, 11) is 0. The van der Waals surface area contributed by atoms with Crippen LogP contribution in [0.15, 0.2) is 42.5 Å². The molecule has 0 radical (unpaired) electrons. The molecular weight excluding hydrogens is 400 g/mol. The van der Waals surface area contributed by atoms with Gasteiger partial charge in [0.25, 0.3) is 0 Å². The highest BCUT2D eigenvalue weighted by Crippen LogP contribution is 2.34. The lowest BCUT2D eigenvalue weighted by molar-refractivity contribution is -0.113. The molecule has 2 aliphatic rings. The summed E-state index contributed by atoms with van der Waals surface area (Å²) in [5.74, 6) is 7.66. The number of benzene rings is 2. The second-order valence-corrected chi connectivity index (χ2v) is 8.52. The second kappa shape index (κ2) is 9.85. The summed E-state index contributed by atoms with van der Waals surface area (Å²) in [5.41, 5.74) is 3.10. The Morgan fingerprint density at radius 1 is 1.10 bits per heavy atom. The van der Waals surface area contributed by atoms with Crippen LogP contribution < -0.4 is 4.74 Å². The fourth-order valence-corrected chi connectivity index (χ4v) is 3.89. The van der Waals surface area contributed by atoms with E-state index in [0.717, 1.165) is 22.4 Å². The van der Waals surface area contributed by atoms with E-state index in [0.29, 0.717) is 36.8 Å². The molecule has 158 valence electrons. The molecule has 4 nitrogen and oxygen atoms in total. The van der Waals surface area contributed by atoms with Gasteiger partial charge in [-0.25, -0.2) is 0 Å². The molecule has 2 unspecified atom stereocenters. The third kappa shape index (κ3) is 5.77. The minimum absolute atomic E-state index is 0.0887. The number of hydrogen-bond acceptors (Lipinski definition) is 4. The third-order valence-corrected chi connectivity index (χ3v) is 5.90. The number of hydrogen-bond donors (Lipinski definition) is 2. The van der Waals surface area contributed by atoms with Crippen LogP contribution in [0.25, 0.3) is 0 Å². The van der Waals surface area contributed by atoms with E-state index < -0.39 is 6.10 Å². The van der Waals surface area contributed by atoms with Gasteiger partial charge in [0.15, 0.2) is 0 Å². The summed E-state index contributed by atoms with van der Waals surface area (Å²) < 4.78 is 11.6. The van der Waals surface area contributed by atoms with Crippen LogP contribution in [0.5, 0.6) is 5.75 Å². The first-order valence-corrected chi connectivity index (χ1v) is 10.9. The lowest BCUT2D eigenvalue weighted by atomic mass is 9.94. The molecule has 0 spiro atoms. The van der Waals surface area contributed by atoms with E-state index in [1.54, 1.807) is 0 Å². The van der Waals surface area contributed by atoms with Gasteiger partial charge in [0.2, 0.25) is 0 Å². The van der Waals surface area contributed by atoms with E-state index in [9.17, 15) is 10.2 Å². The Kier molecular flexibility index (Phi) is 6.97. The van der Waals surface area contributed by atoms with Crippen molar-refractivity contribution < 1.29 is 19.7 Å². The average Bonchev–Trinajstić information content (AvgIpc) is 3.58. The second-order valence-electron chi connectivity index (χ2n) is 8.11. The molecule has 1 heterocycles. The Hall–Kier alpha value is -2.03. The highest BCUT2D eigenvalue weighted by Gasteiger charge is 2.29. The van der Waals surface area contributed by atoms with Crippen LogP contribution in [-0.4, -0.2) is 35.6 Å². The predicted molar refractivity (Wildman–Crippen MR) is 117 cm³/mol. The van der Waals surface area contributed by atoms with Crippen molar-refractivity contribution in [1.82, 2.24) is 0 Å². The van der Waals surface area contributed by atoms with Gasteiger partial charge < -0.3 is 19.7 Å². The number of halogens is 1. The molecule has 3 atom stereocenters. The van der Waals surface area contributed by atoms with Crippen LogP contribution in [-0.2, 0) is 11.2 Å². The summed E-state index contributed by atoms with van der Waals surface area (Å²) in [6.45, 7) is 0.334. The lowest BCUT2D eigenvalue weighted by Crippen LogP contribution is -2.33. The van der Waals surface area contributed by atoms with Crippen LogP contribution in [0, 0.1) is 17.8 Å². The van der Waals surface area contributed by atoms with E-state index in [1.165, 1.54) is 12.8 Å². The number of aliphatic hydroxyl groups excluding tert-OH is 2. The van der Waals surface area contributed by atoms with Gasteiger partial charge in [0, 0.05) is 23.8 Å². The summed E-state index contributed by atoms with van der Waals surface area (Å²) in [4.78, 5) is 0. The quantitative estimate of drug-likeness (QED) is 0.676. The van der Waals surface area contributed by atoms with Gasteiger partial charge in [0.1, 0.15) is 12.4 Å². The summed E-state index contributed by atoms with van der Waals surface area (Å²) in [6, 6.07) is 13.8. The molecule has 1 saturated heterocycles. The Labute approximate surface area is 182 Å². The molecule has 4 rings (SSSR count). The van der Waals surface area contributed by atoms with Crippen LogP contribution >= 0.6 is 11.6 Å². The van der Waals surface area contributed by atoms with Crippen molar-refractivity contribution in [3.8, 4) is 17.6 Å². The highest BCUT2D eigenvalue weighted by atomic mass is 35.5. The number of rotatable bonds is 6. The molecule has 5 heteroatoms. The van der Waals surface area contributed by atoms with Crippen LogP contribution in [0.1, 0.15) is 48.5 Å². The van der Waals surface area contributed by atoms with Gasteiger partial charge in [0.05, 0.1) is 24.9 Å². The Morgan fingerprint density at radius 2 is 1.90 bits per heavy atom. The zero-order chi connectivity index (χ0) is 20.9. The van der Waals surface area contributed by atoms with Crippen molar-refractivity contribution in [2.75, 3.05) is 13.2 Å². The summed E-state index contributed by atoms with van der Waals surface area (Å²) in [6.07, 6.45) is 3.08. The average molecular weight is 427 g/mol. The highest BCUT2D eigenvalue weighted by molar-refractivity contribution is 6.31. The Bertz CT molecular complexity index is 911. The molecule has 2 aromatic carbocycles. The van der Waals surface area contributed by atoms with E-state index >= 15 is 0 Å². The molecule has 2 fully saturated rings. The monoisotopic (exact) mass is 426 g/mol. The normalized spacial score (nSPS) is 23.5. The first-order valence-electron chi connectivity index (χ1n) is 10.5. The molecule has 0 bridgehead atoms. The molecule has 2 aromatic rings. The molecule has 0 aromatic heterocycles. The SMILES string of the molecule is OCC1CC(O)C[C@@H](c2ccc(Cl)c(Cc3ccc(OCC#CC4CC4)cc3)c2)O1. The first-order chi connectivity index (χ1) is 14.6. The zero-order valence-corrected chi connectivity index (χ0v) is 17.6. The molecule has 2 N–H and O–H groups in total. The molecule has 1 aliphatic carbocycles. The standard InChI is InChI=1S/C25H27ClO4/c26-24-10-7-19(25-15-21(28)14-23(16-27)30-25)13-20(24)12-18-5-8-22(9-6-18)29-11-1-2-17-3-4-17/h5-10,13,17,21,23,25,27-28H,3-4,11-12,14-16H2/t21?,23?,25-/m0/s1. The summed E-state index contributed by atoms with van der Waals surface area (Å²) >= 11 is 6.45. The van der Waals surface area contributed by atoms with E-state index in [4.69, 9.17) is 21.1 Å². The van der Waals surface area contributed by atoms with Crippen molar-refractivity contribution in [2.45, 2.75) is 50.4 Å². The van der Waals surface area contributed by atoms with Crippen molar-refractivity contribution in [3.63, 3.8) is 0 Å². The van der Waals surface area contributed by atoms with Crippen LogP contribution in [0.3, 0.4) is 0 Å². The number of ether oxygens (including phenoxy) is 2. The maximum atomic E-state index is 10.1. The van der Waals surface area contributed by atoms with Crippen molar-refractivity contribution >= 4 is 11.6 Å². The molecule has 1 saturated carbocycles. The van der Waals surface area contributed by atoms with E-state index in [1.807, 2.05) is 42.5 Å². The third-order valence-electron chi connectivity index (χ3n) is 5.54. The zero-order valence-electron chi connectivity index (χ0n) is 16.9. The topological polar surface area (TPSA) is 58.9 Å². The maximum Gasteiger partial charge on any atom is 0.149 e. The van der Waals surface area contributed by atoms with Gasteiger partial charge in [-0.1, -0.05) is 47.7 Å². The minimum Gasteiger partial charge on any atom is -0.481 e. The van der Waals surface area contributed by atoms with Crippen LogP contribution in [0.4, 0.5) is 0 Å². The first kappa shape index (κ1) is 21.2. The summed E-state index contributed by atoms with van der Waals surface area (Å²) in [5, 5.41) is 20.2. The Balaban J connectivity index is 1.40. The fourth-order valence-electron chi connectivity index (χ4n) is 3.71. The molecular formula is C25H27ClO4. The van der Waals surface area contributed by atoms with Gasteiger partial charge in [-0.05, 0) is 54.2 Å². The maximum absolute atomic E-state index is 10.1. The smallest absolute Gasteiger partial charge is 0.149 e. The number of aliphatic hydroxyl groups is 2. The van der Waals surface area contributed by atoms with Crippen molar-refractivity contribution in [3.05, 3.63) is 64.2 Å². The van der Waals surface area contributed by atoms with Gasteiger partial charge in [-0.2, -0.15) is 0 Å². The predicted octanol–water partition coefficient (Wildman–Crippen LogP) is 4.30. The van der Waals surface area contributed by atoms with Crippen molar-refractivity contribution in [2.24, 2.45) is 5.92 Å². The van der Waals surface area contributed by atoms with Gasteiger partial charge >= 0.3 is 0 Å². The minimum atomic E-state index is -0.471. The van der Waals surface area contributed by atoms with Gasteiger partial charge in [-0.15, -0.1) is 0 Å². The largest absolute Gasteiger partial charge is 0.481 e. The molecule has 0 amide bonds. The van der Waals surface area contributed by atoms with Gasteiger partial charge in [-0.3, -0.25) is 0 Å². The van der Waals surface area contributed by atoms with E-state index in [-0.39, 0.29) is 18.8 Å². The Morgan fingerprint density at radius 3 is 2.63 bits per heavy atom. The van der Waals surface area contributed by atoms with E-state index in [2.05, 4.69) is 11.8 Å². The van der Waals surface area contributed by atoms with Crippen LogP contribution in [0.2, 0.25) is 5.02 Å². The van der Waals surface area contributed by atoms with Crippen molar-refractivity contribution in [1.29, 1.82) is 0 Å². The fraction of sp³-hybridized carbons (Fsp3) is 0.440. The molecule has 1 aliphatic heterocycles.